The lowest BCUT2D eigenvalue weighted by molar-refractivity contribution is -0.117. The quantitative estimate of drug-likeness (QED) is 0.794. The standard InChI is InChI=1S/C19H19NO3/c1-14-4-2-3-5-19(14)23-17-6-7-18(16(10-17)12-21)15-8-9-20(11-15)13-22/h2-7,10,12-13,15H,8-9,11H2,1H3. The first-order chi connectivity index (χ1) is 11.2. The van der Waals surface area contributed by atoms with Gasteiger partial charge in [0.25, 0.3) is 0 Å². The maximum absolute atomic E-state index is 11.5. The number of amides is 1. The highest BCUT2D eigenvalue weighted by molar-refractivity contribution is 5.78. The molecule has 1 fully saturated rings. The molecule has 0 aromatic heterocycles. The van der Waals surface area contributed by atoms with E-state index in [9.17, 15) is 9.59 Å². The van der Waals surface area contributed by atoms with Gasteiger partial charge in [-0.05, 0) is 42.7 Å². The zero-order chi connectivity index (χ0) is 16.2. The molecule has 0 aliphatic carbocycles. The normalized spacial score (nSPS) is 17.1. The number of hydrogen-bond acceptors (Lipinski definition) is 3. The molecule has 1 heterocycles. The second-order valence-electron chi connectivity index (χ2n) is 5.86. The van der Waals surface area contributed by atoms with Crippen molar-refractivity contribution in [3.8, 4) is 11.5 Å². The highest BCUT2D eigenvalue weighted by atomic mass is 16.5. The van der Waals surface area contributed by atoms with Gasteiger partial charge >= 0.3 is 0 Å². The molecule has 4 nitrogen and oxygen atoms in total. The van der Waals surface area contributed by atoms with Gasteiger partial charge in [0.05, 0.1) is 0 Å². The van der Waals surface area contributed by atoms with Gasteiger partial charge < -0.3 is 9.64 Å². The molecule has 3 rings (SSSR count). The number of aldehydes is 1. The second kappa shape index (κ2) is 6.65. The third kappa shape index (κ3) is 3.26. The molecule has 0 bridgehead atoms. The average Bonchev–Trinajstić information content (AvgIpc) is 3.06. The number of benzene rings is 2. The molecule has 0 spiro atoms. The Hall–Kier alpha value is -2.62. The Morgan fingerprint density at radius 3 is 2.70 bits per heavy atom. The van der Waals surface area contributed by atoms with E-state index in [1.165, 1.54) is 0 Å². The van der Waals surface area contributed by atoms with Crippen molar-refractivity contribution in [1.29, 1.82) is 0 Å². The van der Waals surface area contributed by atoms with Crippen molar-refractivity contribution in [1.82, 2.24) is 4.90 Å². The van der Waals surface area contributed by atoms with Gasteiger partial charge in [-0.3, -0.25) is 9.59 Å². The first-order valence-electron chi connectivity index (χ1n) is 7.73. The first kappa shape index (κ1) is 15.3. The predicted molar refractivity (Wildman–Crippen MR) is 88.1 cm³/mol. The summed E-state index contributed by atoms with van der Waals surface area (Å²) in [6.45, 7) is 3.40. The third-order valence-corrected chi connectivity index (χ3v) is 4.32. The third-order valence-electron chi connectivity index (χ3n) is 4.32. The molecule has 4 heteroatoms. The van der Waals surface area contributed by atoms with Crippen LogP contribution in [0.25, 0.3) is 0 Å². The molecular weight excluding hydrogens is 290 g/mol. The van der Waals surface area contributed by atoms with Crippen LogP contribution in [0.3, 0.4) is 0 Å². The number of para-hydroxylation sites is 1. The van der Waals surface area contributed by atoms with E-state index in [0.29, 0.717) is 17.9 Å². The Morgan fingerprint density at radius 1 is 1.17 bits per heavy atom. The molecule has 23 heavy (non-hydrogen) atoms. The van der Waals surface area contributed by atoms with Gasteiger partial charge in [0.2, 0.25) is 6.41 Å². The lowest BCUT2D eigenvalue weighted by Gasteiger charge is -2.15. The summed E-state index contributed by atoms with van der Waals surface area (Å²) in [4.78, 5) is 24.1. The van der Waals surface area contributed by atoms with Gasteiger partial charge in [0.15, 0.2) is 0 Å². The Balaban J connectivity index is 1.84. The summed E-state index contributed by atoms with van der Waals surface area (Å²) in [5, 5.41) is 0. The number of rotatable bonds is 5. The van der Waals surface area contributed by atoms with E-state index in [1.807, 2.05) is 43.3 Å². The molecule has 1 aliphatic heterocycles. The molecule has 2 aromatic rings. The van der Waals surface area contributed by atoms with Crippen molar-refractivity contribution in [3.05, 3.63) is 59.2 Å². The Bertz CT molecular complexity index is 726. The molecule has 1 unspecified atom stereocenters. The average molecular weight is 309 g/mol. The van der Waals surface area contributed by atoms with Crippen LogP contribution in [0.1, 0.15) is 33.8 Å². The molecule has 1 atom stereocenters. The molecule has 118 valence electrons. The monoisotopic (exact) mass is 309 g/mol. The summed E-state index contributed by atoms with van der Waals surface area (Å²) in [6, 6.07) is 13.4. The maximum atomic E-state index is 11.5. The molecule has 1 saturated heterocycles. The molecule has 1 amide bonds. The fourth-order valence-electron chi connectivity index (χ4n) is 3.02. The second-order valence-corrected chi connectivity index (χ2v) is 5.86. The number of hydrogen-bond donors (Lipinski definition) is 0. The largest absolute Gasteiger partial charge is 0.457 e. The highest BCUT2D eigenvalue weighted by Gasteiger charge is 2.24. The van der Waals surface area contributed by atoms with E-state index in [2.05, 4.69) is 0 Å². The van der Waals surface area contributed by atoms with Crippen molar-refractivity contribution in [2.75, 3.05) is 13.1 Å². The van der Waals surface area contributed by atoms with Gasteiger partial charge in [-0.2, -0.15) is 0 Å². The lowest BCUT2D eigenvalue weighted by Crippen LogP contribution is -2.17. The van der Waals surface area contributed by atoms with Gasteiger partial charge in [-0.25, -0.2) is 0 Å². The van der Waals surface area contributed by atoms with Gasteiger partial charge in [0, 0.05) is 24.6 Å². The Morgan fingerprint density at radius 2 is 2.00 bits per heavy atom. The van der Waals surface area contributed by atoms with Crippen LogP contribution in [0.4, 0.5) is 0 Å². The van der Waals surface area contributed by atoms with E-state index >= 15 is 0 Å². The zero-order valence-corrected chi connectivity index (χ0v) is 13.1. The van der Waals surface area contributed by atoms with E-state index in [4.69, 9.17) is 4.74 Å². The van der Waals surface area contributed by atoms with Crippen LogP contribution in [-0.2, 0) is 4.79 Å². The van der Waals surface area contributed by atoms with Crippen LogP contribution in [0.2, 0.25) is 0 Å². The van der Waals surface area contributed by atoms with Crippen molar-refractivity contribution in [2.24, 2.45) is 0 Å². The molecular formula is C19H19NO3. The highest BCUT2D eigenvalue weighted by Crippen LogP contribution is 2.32. The van der Waals surface area contributed by atoms with Gasteiger partial charge in [-0.15, -0.1) is 0 Å². The van der Waals surface area contributed by atoms with Crippen LogP contribution >= 0.6 is 0 Å². The van der Waals surface area contributed by atoms with Gasteiger partial charge in [-0.1, -0.05) is 24.3 Å². The van der Waals surface area contributed by atoms with Crippen LogP contribution in [0, 0.1) is 6.92 Å². The lowest BCUT2D eigenvalue weighted by atomic mass is 9.94. The molecule has 0 N–H and O–H groups in total. The summed E-state index contributed by atoms with van der Waals surface area (Å²) in [7, 11) is 0. The minimum atomic E-state index is 0.216. The molecule has 0 radical (unpaired) electrons. The summed E-state index contributed by atoms with van der Waals surface area (Å²) in [6.07, 6.45) is 2.62. The van der Waals surface area contributed by atoms with Crippen molar-refractivity contribution in [3.63, 3.8) is 0 Å². The number of likely N-dealkylation sites (tertiary alicyclic amines) is 1. The van der Waals surface area contributed by atoms with Gasteiger partial charge in [0.1, 0.15) is 17.8 Å². The van der Waals surface area contributed by atoms with Crippen LogP contribution in [0.15, 0.2) is 42.5 Å². The topological polar surface area (TPSA) is 46.6 Å². The Kier molecular flexibility index (Phi) is 4.42. The van der Waals surface area contributed by atoms with Crippen LogP contribution in [0.5, 0.6) is 11.5 Å². The van der Waals surface area contributed by atoms with E-state index in [-0.39, 0.29) is 5.92 Å². The van der Waals surface area contributed by atoms with E-state index in [0.717, 1.165) is 42.5 Å². The number of ether oxygens (including phenoxy) is 1. The summed E-state index contributed by atoms with van der Waals surface area (Å²) in [5.41, 5.74) is 2.66. The summed E-state index contributed by atoms with van der Waals surface area (Å²) >= 11 is 0. The van der Waals surface area contributed by atoms with Crippen molar-refractivity contribution in [2.45, 2.75) is 19.3 Å². The number of aryl methyl sites for hydroxylation is 1. The minimum Gasteiger partial charge on any atom is -0.457 e. The number of carbonyl (C=O) groups is 2. The fraction of sp³-hybridized carbons (Fsp3) is 0.263. The zero-order valence-electron chi connectivity index (χ0n) is 13.1. The van der Waals surface area contributed by atoms with Crippen molar-refractivity contribution < 1.29 is 14.3 Å². The van der Waals surface area contributed by atoms with E-state index < -0.39 is 0 Å². The Labute approximate surface area is 135 Å². The van der Waals surface area contributed by atoms with Crippen LogP contribution in [-0.4, -0.2) is 30.7 Å². The SMILES string of the molecule is Cc1ccccc1Oc1ccc(C2CCN(C=O)C2)c(C=O)c1. The first-order valence-corrected chi connectivity index (χ1v) is 7.73. The molecule has 0 saturated carbocycles. The van der Waals surface area contributed by atoms with E-state index in [1.54, 1.807) is 11.0 Å². The fourth-order valence-corrected chi connectivity index (χ4v) is 3.02. The maximum Gasteiger partial charge on any atom is 0.209 e. The smallest absolute Gasteiger partial charge is 0.209 e. The molecule has 2 aromatic carbocycles. The molecule has 1 aliphatic rings. The number of carbonyl (C=O) groups excluding carboxylic acids is 2. The summed E-state index contributed by atoms with van der Waals surface area (Å²) in [5.74, 6) is 1.65. The number of nitrogens with zero attached hydrogens (tertiary/aromatic N) is 1. The van der Waals surface area contributed by atoms with Crippen LogP contribution < -0.4 is 4.74 Å². The summed E-state index contributed by atoms with van der Waals surface area (Å²) < 4.78 is 5.89. The predicted octanol–water partition coefficient (Wildman–Crippen LogP) is 3.55. The van der Waals surface area contributed by atoms with Crippen molar-refractivity contribution >= 4 is 12.7 Å². The minimum absolute atomic E-state index is 0.216.